The number of nitrogens with one attached hydrogen (secondary N) is 1. The van der Waals surface area contributed by atoms with Crippen molar-refractivity contribution in [2.24, 2.45) is 0 Å². The van der Waals surface area contributed by atoms with E-state index in [1.807, 2.05) is 54.6 Å². The molecule has 0 aliphatic heterocycles. The molecule has 0 aliphatic rings. The monoisotopic (exact) mass is 493 g/mol. The molecule has 3 aromatic rings. The Morgan fingerprint density at radius 2 is 1.64 bits per heavy atom. The van der Waals surface area contributed by atoms with Gasteiger partial charge >= 0.3 is 18.2 Å². The molecule has 0 spiro atoms. The fourth-order valence-electron chi connectivity index (χ4n) is 3.32. The lowest BCUT2D eigenvalue weighted by atomic mass is 10.1. The average molecular weight is 494 g/mol. The van der Waals surface area contributed by atoms with Crippen LogP contribution in [0.4, 0.5) is 15.4 Å². The zero-order valence-corrected chi connectivity index (χ0v) is 20.9. The number of anilines is 1. The number of amides is 2. The summed E-state index contributed by atoms with van der Waals surface area (Å²) in [5.41, 5.74) is 0.120. The third kappa shape index (κ3) is 8.26. The van der Waals surface area contributed by atoms with Gasteiger partial charge in [-0.05, 0) is 37.8 Å². The number of hydrogen-bond acceptors (Lipinski definition) is 7. The number of fused-ring (bicyclic) bond motifs is 1. The summed E-state index contributed by atoms with van der Waals surface area (Å²) in [5, 5.41) is 4.42. The Kier molecular flexibility index (Phi) is 8.83. The summed E-state index contributed by atoms with van der Waals surface area (Å²) in [4.78, 5) is 43.0. The van der Waals surface area contributed by atoms with Gasteiger partial charge in [-0.3, -0.25) is 10.1 Å². The smallest absolute Gasteiger partial charge is 0.412 e. The topological polar surface area (TPSA) is 107 Å². The summed E-state index contributed by atoms with van der Waals surface area (Å²) >= 11 is 0. The molecule has 2 amide bonds. The zero-order chi connectivity index (χ0) is 26.1. The normalized spacial score (nSPS) is 11.9. The van der Waals surface area contributed by atoms with Gasteiger partial charge in [0.1, 0.15) is 24.6 Å². The molecule has 0 bridgehead atoms. The lowest BCUT2D eigenvalue weighted by Crippen LogP contribution is -2.43. The Morgan fingerprint density at radius 1 is 0.972 bits per heavy atom. The lowest BCUT2D eigenvalue weighted by Gasteiger charge is -2.28. The fraction of sp³-hybridized carbons (Fsp3) is 0.333. The first kappa shape index (κ1) is 26.5. The molecule has 1 heterocycles. The van der Waals surface area contributed by atoms with Crippen molar-refractivity contribution in [3.05, 3.63) is 72.4 Å². The highest BCUT2D eigenvalue weighted by molar-refractivity contribution is 5.89. The molecule has 9 heteroatoms. The van der Waals surface area contributed by atoms with Crippen molar-refractivity contribution < 1.29 is 28.6 Å². The van der Waals surface area contributed by atoms with Gasteiger partial charge in [-0.25, -0.2) is 14.6 Å². The van der Waals surface area contributed by atoms with Gasteiger partial charge < -0.3 is 19.1 Å². The molecule has 1 aromatic heterocycles. The van der Waals surface area contributed by atoms with E-state index in [-0.39, 0.29) is 19.6 Å². The van der Waals surface area contributed by atoms with Gasteiger partial charge in [-0.2, -0.15) is 0 Å². The number of nitrogens with zero attached hydrogens (tertiary/aromatic N) is 2. The summed E-state index contributed by atoms with van der Waals surface area (Å²) in [6, 6.07) is 17.7. The van der Waals surface area contributed by atoms with Gasteiger partial charge in [0.15, 0.2) is 0 Å². The zero-order valence-electron chi connectivity index (χ0n) is 20.9. The van der Waals surface area contributed by atoms with Crippen molar-refractivity contribution in [3.63, 3.8) is 0 Å². The van der Waals surface area contributed by atoms with E-state index in [0.717, 1.165) is 16.3 Å². The Morgan fingerprint density at radius 3 is 2.33 bits per heavy atom. The van der Waals surface area contributed by atoms with Gasteiger partial charge in [0, 0.05) is 18.6 Å². The Balaban J connectivity index is 1.62. The first-order chi connectivity index (χ1) is 17.1. The molecule has 0 aliphatic carbocycles. The number of benzene rings is 2. The predicted molar refractivity (Wildman–Crippen MR) is 135 cm³/mol. The maximum Gasteiger partial charge on any atom is 0.412 e. The molecule has 0 saturated heterocycles. The Bertz CT molecular complexity index is 1190. The number of carbonyl (C=O) groups excluding carboxylic acids is 3. The minimum absolute atomic E-state index is 0.0676. The van der Waals surface area contributed by atoms with Crippen LogP contribution in [0.15, 0.2) is 66.9 Å². The number of ether oxygens (including phenoxy) is 3. The molecule has 190 valence electrons. The van der Waals surface area contributed by atoms with E-state index in [4.69, 9.17) is 14.2 Å². The van der Waals surface area contributed by atoms with E-state index in [0.29, 0.717) is 5.82 Å². The van der Waals surface area contributed by atoms with Crippen molar-refractivity contribution in [1.82, 2.24) is 9.88 Å². The first-order valence-corrected chi connectivity index (χ1v) is 11.5. The molecule has 0 radical (unpaired) electrons. The highest BCUT2D eigenvalue weighted by atomic mass is 16.6. The molecular weight excluding hydrogens is 462 g/mol. The number of carbonyl (C=O) groups is 3. The fourth-order valence-corrected chi connectivity index (χ4v) is 3.32. The minimum Gasteiger partial charge on any atom is -0.460 e. The number of likely N-dealkylation sites (N-methyl/N-ethyl adjacent to an activating group) is 1. The second-order valence-corrected chi connectivity index (χ2v) is 9.24. The summed E-state index contributed by atoms with van der Waals surface area (Å²) < 4.78 is 16.1. The first-order valence-electron chi connectivity index (χ1n) is 11.5. The number of aromatic nitrogens is 1. The van der Waals surface area contributed by atoms with Gasteiger partial charge in [0.2, 0.25) is 0 Å². The van der Waals surface area contributed by atoms with E-state index in [9.17, 15) is 14.4 Å². The van der Waals surface area contributed by atoms with Crippen LogP contribution in [0, 0.1) is 0 Å². The molecule has 1 atom stereocenters. The number of rotatable bonds is 8. The van der Waals surface area contributed by atoms with Crippen LogP contribution in [0.5, 0.6) is 0 Å². The van der Waals surface area contributed by atoms with Gasteiger partial charge in [0.05, 0.1) is 12.5 Å². The van der Waals surface area contributed by atoms with Crippen LogP contribution >= 0.6 is 0 Å². The van der Waals surface area contributed by atoms with Crippen molar-refractivity contribution in [2.45, 2.75) is 45.4 Å². The lowest BCUT2D eigenvalue weighted by molar-refractivity contribution is -0.156. The summed E-state index contributed by atoms with van der Waals surface area (Å²) in [6.07, 6.45) is 0.0355. The van der Waals surface area contributed by atoms with E-state index < -0.39 is 29.8 Å². The number of pyridine rings is 1. The molecule has 0 fully saturated rings. The summed E-state index contributed by atoms with van der Waals surface area (Å²) in [7, 11) is 1.48. The third-order valence-electron chi connectivity index (χ3n) is 5.13. The maximum absolute atomic E-state index is 12.7. The van der Waals surface area contributed by atoms with Crippen LogP contribution in [0.3, 0.4) is 0 Å². The van der Waals surface area contributed by atoms with Crippen LogP contribution in [-0.2, 0) is 25.6 Å². The summed E-state index contributed by atoms with van der Waals surface area (Å²) in [5.74, 6) is -0.214. The Labute approximate surface area is 210 Å². The largest absolute Gasteiger partial charge is 0.460 e. The number of hydrogen-bond donors (Lipinski definition) is 1. The maximum atomic E-state index is 12.7. The van der Waals surface area contributed by atoms with E-state index in [1.165, 1.54) is 11.9 Å². The molecule has 3 rings (SSSR count). The van der Waals surface area contributed by atoms with Crippen molar-refractivity contribution in [3.8, 4) is 0 Å². The quantitative estimate of drug-likeness (QED) is 0.341. The molecule has 0 saturated carbocycles. The van der Waals surface area contributed by atoms with Crippen LogP contribution in [-0.4, -0.2) is 53.3 Å². The highest BCUT2D eigenvalue weighted by Crippen LogP contribution is 2.17. The third-order valence-corrected chi connectivity index (χ3v) is 5.13. The molecule has 2 aromatic carbocycles. The molecule has 9 nitrogen and oxygen atoms in total. The van der Waals surface area contributed by atoms with E-state index in [1.54, 1.807) is 33.0 Å². The summed E-state index contributed by atoms with van der Waals surface area (Å²) in [6.45, 7) is 5.06. The van der Waals surface area contributed by atoms with Crippen LogP contribution in [0.2, 0.25) is 0 Å². The van der Waals surface area contributed by atoms with E-state index in [2.05, 4.69) is 10.3 Å². The van der Waals surface area contributed by atoms with Crippen LogP contribution < -0.4 is 5.32 Å². The van der Waals surface area contributed by atoms with Crippen LogP contribution in [0.25, 0.3) is 10.8 Å². The van der Waals surface area contributed by atoms with Crippen LogP contribution in [0.1, 0.15) is 32.8 Å². The Hall–Kier alpha value is -4.14. The van der Waals surface area contributed by atoms with Crippen molar-refractivity contribution in [1.29, 1.82) is 0 Å². The predicted octanol–water partition coefficient (Wildman–Crippen LogP) is 5.15. The SMILES string of the molecule is CN(C(=O)OCc1ccccc1)C(COC(=O)Nc1cc2ccccc2cn1)CC(=O)OC(C)(C)C. The molecule has 36 heavy (non-hydrogen) atoms. The molecule has 1 unspecified atom stereocenters. The highest BCUT2D eigenvalue weighted by Gasteiger charge is 2.28. The average Bonchev–Trinajstić information content (AvgIpc) is 2.84. The minimum atomic E-state index is -0.807. The molecular formula is C27H31N3O6. The van der Waals surface area contributed by atoms with Gasteiger partial charge in [0.25, 0.3) is 0 Å². The standard InChI is InChI=1S/C27H31N3O6/c1-27(2,3)36-24(31)15-22(30(4)26(33)35-17-19-10-6-5-7-11-19)18-34-25(32)29-23-14-20-12-8-9-13-21(20)16-28-23/h5-14,16,22H,15,17-18H2,1-4H3,(H,28,29,32). The second kappa shape index (κ2) is 12.0. The molecule has 1 N–H and O–H groups in total. The number of esters is 1. The van der Waals surface area contributed by atoms with Gasteiger partial charge in [-0.1, -0.05) is 54.6 Å². The van der Waals surface area contributed by atoms with Crippen molar-refractivity contribution in [2.75, 3.05) is 19.0 Å². The van der Waals surface area contributed by atoms with Gasteiger partial charge in [-0.15, -0.1) is 0 Å². The van der Waals surface area contributed by atoms with Crippen molar-refractivity contribution >= 4 is 34.7 Å². The second-order valence-electron chi connectivity index (χ2n) is 9.24. The van der Waals surface area contributed by atoms with E-state index >= 15 is 0 Å².